The number of aromatic nitrogens is 1. The predicted molar refractivity (Wildman–Crippen MR) is 106 cm³/mol. The highest BCUT2D eigenvalue weighted by atomic mass is 32.2. The standard InChI is InChI=1S/C22H17NO3S/c24-15-22-21(14-19-8-4-5-13-23(19)22)18-9-11-20(12-10-18)27(25,26)16-17-6-2-1-3-7-17/h1-15H,16H2. The van der Waals surface area contributed by atoms with Crippen LogP contribution < -0.4 is 0 Å². The van der Waals surface area contributed by atoms with Gasteiger partial charge in [0.05, 0.1) is 16.3 Å². The summed E-state index contributed by atoms with van der Waals surface area (Å²) in [6.07, 6.45) is 2.66. The molecule has 0 saturated heterocycles. The molecular formula is C22H17NO3S. The number of rotatable bonds is 5. The van der Waals surface area contributed by atoms with E-state index in [-0.39, 0.29) is 10.6 Å². The number of hydrogen-bond acceptors (Lipinski definition) is 3. The van der Waals surface area contributed by atoms with E-state index in [0.717, 1.165) is 28.5 Å². The monoisotopic (exact) mass is 375 g/mol. The number of aldehydes is 1. The van der Waals surface area contributed by atoms with Gasteiger partial charge in [-0.2, -0.15) is 0 Å². The van der Waals surface area contributed by atoms with Crippen molar-refractivity contribution in [2.45, 2.75) is 10.6 Å². The van der Waals surface area contributed by atoms with Gasteiger partial charge in [-0.1, -0.05) is 48.5 Å². The molecule has 4 nitrogen and oxygen atoms in total. The molecule has 0 N–H and O–H groups in total. The second-order valence-corrected chi connectivity index (χ2v) is 8.32. The van der Waals surface area contributed by atoms with E-state index in [0.29, 0.717) is 5.69 Å². The van der Waals surface area contributed by atoms with Crippen LogP contribution in [0.5, 0.6) is 0 Å². The number of benzene rings is 2. The molecule has 5 heteroatoms. The van der Waals surface area contributed by atoms with Crippen molar-refractivity contribution in [1.29, 1.82) is 0 Å². The average Bonchev–Trinajstić information content (AvgIpc) is 3.07. The molecule has 0 aliphatic carbocycles. The van der Waals surface area contributed by atoms with Crippen LogP contribution in [0.4, 0.5) is 0 Å². The lowest BCUT2D eigenvalue weighted by Crippen LogP contribution is -2.04. The Morgan fingerprint density at radius 3 is 2.26 bits per heavy atom. The molecule has 4 aromatic rings. The molecule has 0 aliphatic rings. The maximum absolute atomic E-state index is 12.7. The lowest BCUT2D eigenvalue weighted by atomic mass is 10.1. The first-order chi connectivity index (χ1) is 13.1. The fourth-order valence-corrected chi connectivity index (χ4v) is 4.56. The zero-order chi connectivity index (χ0) is 18.9. The van der Waals surface area contributed by atoms with Gasteiger partial charge in [0.2, 0.25) is 0 Å². The van der Waals surface area contributed by atoms with Crippen molar-refractivity contribution < 1.29 is 13.2 Å². The highest BCUT2D eigenvalue weighted by Crippen LogP contribution is 2.28. The van der Waals surface area contributed by atoms with Gasteiger partial charge in [-0.25, -0.2) is 8.42 Å². The van der Waals surface area contributed by atoms with Gasteiger partial charge in [0.15, 0.2) is 16.1 Å². The summed E-state index contributed by atoms with van der Waals surface area (Å²) in [5.41, 5.74) is 3.80. The van der Waals surface area contributed by atoms with Crippen LogP contribution in [0.15, 0.2) is 90.0 Å². The molecule has 27 heavy (non-hydrogen) atoms. The summed E-state index contributed by atoms with van der Waals surface area (Å²) in [6.45, 7) is 0. The molecule has 0 fully saturated rings. The summed E-state index contributed by atoms with van der Waals surface area (Å²) in [5.74, 6) is -0.0388. The van der Waals surface area contributed by atoms with Crippen LogP contribution in [0.25, 0.3) is 16.6 Å². The number of fused-ring (bicyclic) bond motifs is 1. The minimum atomic E-state index is -3.43. The smallest absolute Gasteiger partial charge is 0.182 e. The molecule has 0 radical (unpaired) electrons. The first-order valence-electron chi connectivity index (χ1n) is 8.51. The summed E-state index contributed by atoms with van der Waals surface area (Å²) in [4.78, 5) is 11.9. The van der Waals surface area contributed by atoms with Crippen molar-refractivity contribution in [2.24, 2.45) is 0 Å². The number of carbonyl (C=O) groups excluding carboxylic acids is 1. The first kappa shape index (κ1) is 17.2. The van der Waals surface area contributed by atoms with Crippen molar-refractivity contribution >= 4 is 21.6 Å². The van der Waals surface area contributed by atoms with Gasteiger partial charge >= 0.3 is 0 Å². The third-order valence-corrected chi connectivity index (χ3v) is 6.26. The quantitative estimate of drug-likeness (QED) is 0.486. The largest absolute Gasteiger partial charge is 0.314 e. The van der Waals surface area contributed by atoms with Crippen LogP contribution in [-0.2, 0) is 15.6 Å². The Morgan fingerprint density at radius 2 is 1.56 bits per heavy atom. The summed E-state index contributed by atoms with van der Waals surface area (Å²) >= 11 is 0. The zero-order valence-electron chi connectivity index (χ0n) is 14.4. The summed E-state index contributed by atoms with van der Waals surface area (Å²) in [7, 11) is -3.43. The minimum absolute atomic E-state index is 0.0388. The number of hydrogen-bond donors (Lipinski definition) is 0. The van der Waals surface area contributed by atoms with E-state index in [1.54, 1.807) is 36.4 Å². The van der Waals surface area contributed by atoms with Crippen molar-refractivity contribution in [3.8, 4) is 11.1 Å². The second kappa shape index (κ2) is 6.85. The van der Waals surface area contributed by atoms with Gasteiger partial charge in [-0.05, 0) is 41.5 Å². The molecule has 4 rings (SSSR count). The van der Waals surface area contributed by atoms with Crippen LogP contribution in [0.3, 0.4) is 0 Å². The molecule has 0 unspecified atom stereocenters. The summed E-state index contributed by atoms with van der Waals surface area (Å²) in [6, 6.07) is 23.4. The van der Waals surface area contributed by atoms with E-state index in [9.17, 15) is 13.2 Å². The van der Waals surface area contributed by atoms with E-state index in [4.69, 9.17) is 0 Å². The number of pyridine rings is 1. The zero-order valence-corrected chi connectivity index (χ0v) is 15.3. The van der Waals surface area contributed by atoms with Crippen LogP contribution in [0.1, 0.15) is 16.1 Å². The molecule has 0 bridgehead atoms. The topological polar surface area (TPSA) is 55.6 Å². The van der Waals surface area contributed by atoms with Crippen LogP contribution in [0.2, 0.25) is 0 Å². The van der Waals surface area contributed by atoms with Gasteiger partial charge in [-0.15, -0.1) is 0 Å². The summed E-state index contributed by atoms with van der Waals surface area (Å²) in [5, 5.41) is 0. The minimum Gasteiger partial charge on any atom is -0.314 e. The SMILES string of the molecule is O=Cc1c(-c2ccc(S(=O)(=O)Cc3ccccc3)cc2)cc2ccccn12. The fraction of sp³-hybridized carbons (Fsp3) is 0.0455. The van der Waals surface area contributed by atoms with Gasteiger partial charge < -0.3 is 4.40 Å². The maximum Gasteiger partial charge on any atom is 0.182 e. The van der Waals surface area contributed by atoms with Gasteiger partial charge in [-0.3, -0.25) is 4.79 Å². The number of sulfone groups is 1. The Balaban J connectivity index is 1.70. The average molecular weight is 375 g/mol. The normalized spacial score (nSPS) is 11.6. The maximum atomic E-state index is 12.7. The Hall–Kier alpha value is -3.18. The van der Waals surface area contributed by atoms with E-state index in [1.165, 1.54) is 0 Å². The third kappa shape index (κ3) is 3.29. The van der Waals surface area contributed by atoms with E-state index < -0.39 is 9.84 Å². The molecule has 134 valence electrons. The number of carbonyl (C=O) groups is 1. The first-order valence-corrected chi connectivity index (χ1v) is 10.2. The molecule has 2 aromatic heterocycles. The lowest BCUT2D eigenvalue weighted by Gasteiger charge is -2.06. The van der Waals surface area contributed by atoms with E-state index >= 15 is 0 Å². The molecular weight excluding hydrogens is 358 g/mol. The highest BCUT2D eigenvalue weighted by molar-refractivity contribution is 7.90. The van der Waals surface area contributed by atoms with E-state index in [1.807, 2.05) is 53.1 Å². The molecule has 0 amide bonds. The molecule has 2 heterocycles. The fourth-order valence-electron chi connectivity index (χ4n) is 3.22. The Bertz CT molecular complexity index is 1210. The molecule has 0 spiro atoms. The molecule has 0 saturated carbocycles. The highest BCUT2D eigenvalue weighted by Gasteiger charge is 2.16. The Kier molecular flexibility index (Phi) is 4.38. The van der Waals surface area contributed by atoms with Crippen LogP contribution in [-0.4, -0.2) is 19.1 Å². The Morgan fingerprint density at radius 1 is 0.852 bits per heavy atom. The van der Waals surface area contributed by atoms with Gasteiger partial charge in [0, 0.05) is 17.3 Å². The van der Waals surface area contributed by atoms with Gasteiger partial charge in [0.25, 0.3) is 0 Å². The van der Waals surface area contributed by atoms with Gasteiger partial charge in [0.1, 0.15) is 0 Å². The molecule has 0 aliphatic heterocycles. The van der Waals surface area contributed by atoms with Crippen molar-refractivity contribution in [3.05, 3.63) is 96.3 Å². The summed E-state index contributed by atoms with van der Waals surface area (Å²) < 4.78 is 27.1. The van der Waals surface area contributed by atoms with Crippen molar-refractivity contribution in [2.75, 3.05) is 0 Å². The van der Waals surface area contributed by atoms with Crippen LogP contribution >= 0.6 is 0 Å². The van der Waals surface area contributed by atoms with Crippen LogP contribution in [0, 0.1) is 0 Å². The van der Waals surface area contributed by atoms with E-state index in [2.05, 4.69) is 0 Å². The van der Waals surface area contributed by atoms with Crippen molar-refractivity contribution in [1.82, 2.24) is 4.40 Å². The molecule has 0 atom stereocenters. The molecule has 2 aromatic carbocycles. The number of nitrogens with zero attached hydrogens (tertiary/aromatic N) is 1. The predicted octanol–water partition coefficient (Wildman–Crippen LogP) is 4.39. The second-order valence-electron chi connectivity index (χ2n) is 6.33. The van der Waals surface area contributed by atoms with Crippen molar-refractivity contribution in [3.63, 3.8) is 0 Å². The third-order valence-electron chi connectivity index (χ3n) is 4.55. The Labute approximate surface area is 157 Å². The lowest BCUT2D eigenvalue weighted by molar-refractivity contribution is 0.111.